The Morgan fingerprint density at radius 1 is 1.38 bits per heavy atom. The third kappa shape index (κ3) is 4.12. The van der Waals surface area contributed by atoms with Crippen molar-refractivity contribution in [2.75, 3.05) is 17.7 Å². The average molecular weight is 325 g/mol. The summed E-state index contributed by atoms with van der Waals surface area (Å²) in [5, 5.41) is 8.15. The summed E-state index contributed by atoms with van der Waals surface area (Å²) in [4.78, 5) is 11.1. The van der Waals surface area contributed by atoms with Crippen molar-refractivity contribution in [3.63, 3.8) is 0 Å². The topological polar surface area (TPSA) is 50.4 Å². The Morgan fingerprint density at radius 3 is 2.71 bits per heavy atom. The van der Waals surface area contributed by atoms with Crippen LogP contribution in [-0.2, 0) is 4.79 Å². The Morgan fingerprint density at radius 2 is 2.14 bits per heavy atom. The monoisotopic (exact) mass is 324 g/mol. The van der Waals surface area contributed by atoms with Gasteiger partial charge in [-0.25, -0.2) is 0 Å². The molecule has 21 heavy (non-hydrogen) atoms. The van der Waals surface area contributed by atoms with Gasteiger partial charge >= 0.3 is 0 Å². The van der Waals surface area contributed by atoms with Gasteiger partial charge in [-0.1, -0.05) is 11.6 Å². The zero-order valence-electron chi connectivity index (χ0n) is 12.1. The third-order valence-corrected chi connectivity index (χ3v) is 4.09. The lowest BCUT2D eigenvalue weighted by molar-refractivity contribution is -0.114. The molecule has 0 saturated heterocycles. The lowest BCUT2D eigenvalue weighted by Gasteiger charge is -2.16. The number of methoxy groups -OCH3 is 1. The van der Waals surface area contributed by atoms with Crippen LogP contribution in [0, 0.1) is 0 Å². The highest BCUT2D eigenvalue weighted by Crippen LogP contribution is 2.31. The van der Waals surface area contributed by atoms with Gasteiger partial charge in [-0.15, -0.1) is 11.3 Å². The van der Waals surface area contributed by atoms with E-state index in [4.69, 9.17) is 16.3 Å². The van der Waals surface area contributed by atoms with Crippen LogP contribution in [0.15, 0.2) is 29.6 Å². The zero-order chi connectivity index (χ0) is 15.4. The van der Waals surface area contributed by atoms with Crippen molar-refractivity contribution in [1.29, 1.82) is 0 Å². The summed E-state index contributed by atoms with van der Waals surface area (Å²) in [7, 11) is 1.58. The minimum absolute atomic E-state index is 0.129. The first-order valence-corrected chi connectivity index (χ1v) is 7.71. The summed E-state index contributed by atoms with van der Waals surface area (Å²) in [5.74, 6) is 0.487. The van der Waals surface area contributed by atoms with Gasteiger partial charge in [0, 0.05) is 24.7 Å². The van der Waals surface area contributed by atoms with Crippen LogP contribution in [0.1, 0.15) is 25.5 Å². The predicted molar refractivity (Wildman–Crippen MR) is 88.7 cm³/mol. The molecule has 1 unspecified atom stereocenters. The molecule has 0 aliphatic rings. The predicted octanol–water partition coefficient (Wildman–Crippen LogP) is 4.54. The number of amides is 1. The Balaban J connectivity index is 2.15. The molecule has 1 aromatic heterocycles. The number of thiophene rings is 1. The van der Waals surface area contributed by atoms with Gasteiger partial charge in [-0.2, -0.15) is 0 Å². The van der Waals surface area contributed by atoms with Crippen LogP contribution in [0.2, 0.25) is 4.34 Å². The molecule has 2 N–H and O–H groups in total. The number of nitrogens with one attached hydrogen (secondary N) is 2. The molecular formula is C15H17ClN2O2S. The van der Waals surface area contributed by atoms with E-state index < -0.39 is 0 Å². The standard InChI is InChI=1S/C15H17ClN2O2S/c1-9(11-6-15(16)21-8-11)17-12-4-5-13(18-10(2)19)14(7-12)20-3/h4-9,17H,1-3H3,(H,18,19). The fourth-order valence-electron chi connectivity index (χ4n) is 1.96. The van der Waals surface area contributed by atoms with E-state index in [1.54, 1.807) is 7.11 Å². The second kappa shape index (κ2) is 6.83. The maximum absolute atomic E-state index is 11.1. The van der Waals surface area contributed by atoms with Gasteiger partial charge in [0.05, 0.1) is 17.1 Å². The summed E-state index contributed by atoms with van der Waals surface area (Å²) in [6, 6.07) is 7.65. The summed E-state index contributed by atoms with van der Waals surface area (Å²) in [6.45, 7) is 3.53. The van der Waals surface area contributed by atoms with E-state index in [-0.39, 0.29) is 11.9 Å². The molecule has 0 aliphatic carbocycles. The maximum atomic E-state index is 11.1. The van der Waals surface area contributed by atoms with Gasteiger partial charge in [0.25, 0.3) is 0 Å². The fraction of sp³-hybridized carbons (Fsp3) is 0.267. The average Bonchev–Trinajstić information content (AvgIpc) is 2.86. The highest BCUT2D eigenvalue weighted by molar-refractivity contribution is 7.14. The molecule has 2 aromatic rings. The zero-order valence-corrected chi connectivity index (χ0v) is 13.6. The largest absolute Gasteiger partial charge is 0.494 e. The van der Waals surface area contributed by atoms with Crippen LogP contribution in [0.5, 0.6) is 5.75 Å². The molecule has 0 radical (unpaired) electrons. The molecule has 112 valence electrons. The Hall–Kier alpha value is -1.72. The maximum Gasteiger partial charge on any atom is 0.221 e. The molecule has 0 spiro atoms. The van der Waals surface area contributed by atoms with E-state index in [0.717, 1.165) is 15.6 Å². The van der Waals surface area contributed by atoms with Gasteiger partial charge in [-0.3, -0.25) is 4.79 Å². The van der Waals surface area contributed by atoms with Crippen molar-refractivity contribution >= 4 is 40.2 Å². The van der Waals surface area contributed by atoms with Crippen LogP contribution < -0.4 is 15.4 Å². The van der Waals surface area contributed by atoms with Crippen LogP contribution in [0.25, 0.3) is 0 Å². The number of halogens is 1. The van der Waals surface area contributed by atoms with Crippen molar-refractivity contribution in [1.82, 2.24) is 0 Å². The lowest BCUT2D eigenvalue weighted by atomic mass is 10.1. The quantitative estimate of drug-likeness (QED) is 0.848. The number of carbonyl (C=O) groups excluding carboxylic acids is 1. The van der Waals surface area contributed by atoms with Crippen LogP contribution >= 0.6 is 22.9 Å². The van der Waals surface area contributed by atoms with Crippen molar-refractivity contribution in [2.24, 2.45) is 0 Å². The van der Waals surface area contributed by atoms with E-state index in [1.165, 1.54) is 18.3 Å². The first-order valence-electron chi connectivity index (χ1n) is 6.45. The number of hydrogen-bond acceptors (Lipinski definition) is 4. The number of carbonyl (C=O) groups is 1. The minimum atomic E-state index is -0.129. The van der Waals surface area contributed by atoms with Crippen molar-refractivity contribution < 1.29 is 9.53 Å². The molecule has 1 amide bonds. The van der Waals surface area contributed by atoms with E-state index in [1.807, 2.05) is 29.6 Å². The van der Waals surface area contributed by atoms with Crippen molar-refractivity contribution in [2.45, 2.75) is 19.9 Å². The van der Waals surface area contributed by atoms with Gasteiger partial charge in [-0.05, 0) is 36.1 Å². The molecule has 0 aliphatic heterocycles. The van der Waals surface area contributed by atoms with E-state index in [2.05, 4.69) is 17.6 Å². The van der Waals surface area contributed by atoms with Crippen LogP contribution in [0.4, 0.5) is 11.4 Å². The summed E-state index contributed by atoms with van der Waals surface area (Å²) >= 11 is 7.47. The lowest BCUT2D eigenvalue weighted by Crippen LogP contribution is -2.09. The molecule has 0 fully saturated rings. The third-order valence-electron chi connectivity index (χ3n) is 2.98. The minimum Gasteiger partial charge on any atom is -0.494 e. The molecule has 1 atom stereocenters. The van der Waals surface area contributed by atoms with Gasteiger partial charge in [0.2, 0.25) is 5.91 Å². The van der Waals surface area contributed by atoms with E-state index in [9.17, 15) is 4.79 Å². The molecule has 4 nitrogen and oxygen atoms in total. The summed E-state index contributed by atoms with van der Waals surface area (Å²) in [5.41, 5.74) is 2.70. The molecule has 2 rings (SSSR count). The number of ether oxygens (including phenoxy) is 1. The fourth-order valence-corrected chi connectivity index (χ4v) is 2.94. The molecule has 0 bridgehead atoms. The number of hydrogen-bond donors (Lipinski definition) is 2. The van der Waals surface area contributed by atoms with Gasteiger partial charge in [0.1, 0.15) is 5.75 Å². The normalized spacial score (nSPS) is 11.8. The Labute approximate surface area is 133 Å². The molecular weight excluding hydrogens is 308 g/mol. The number of anilines is 2. The van der Waals surface area contributed by atoms with Gasteiger partial charge < -0.3 is 15.4 Å². The van der Waals surface area contributed by atoms with Crippen LogP contribution in [-0.4, -0.2) is 13.0 Å². The highest BCUT2D eigenvalue weighted by atomic mass is 35.5. The van der Waals surface area contributed by atoms with E-state index >= 15 is 0 Å². The number of rotatable bonds is 5. The van der Waals surface area contributed by atoms with E-state index in [0.29, 0.717) is 11.4 Å². The molecule has 6 heteroatoms. The molecule has 0 saturated carbocycles. The first kappa shape index (κ1) is 15.7. The van der Waals surface area contributed by atoms with Crippen LogP contribution in [0.3, 0.4) is 0 Å². The first-order chi connectivity index (χ1) is 9.99. The summed E-state index contributed by atoms with van der Waals surface area (Å²) < 4.78 is 6.08. The SMILES string of the molecule is COc1cc(NC(C)c2csc(Cl)c2)ccc1NC(C)=O. The molecule has 1 aromatic carbocycles. The second-order valence-electron chi connectivity index (χ2n) is 4.65. The number of benzene rings is 1. The molecule has 1 heterocycles. The Kier molecular flexibility index (Phi) is 5.09. The summed E-state index contributed by atoms with van der Waals surface area (Å²) in [6.07, 6.45) is 0. The highest BCUT2D eigenvalue weighted by Gasteiger charge is 2.10. The Bertz CT molecular complexity index is 642. The van der Waals surface area contributed by atoms with Crippen molar-refractivity contribution in [3.8, 4) is 5.75 Å². The second-order valence-corrected chi connectivity index (χ2v) is 6.19. The van der Waals surface area contributed by atoms with Gasteiger partial charge in [0.15, 0.2) is 0 Å². The smallest absolute Gasteiger partial charge is 0.221 e. The van der Waals surface area contributed by atoms with Crippen molar-refractivity contribution in [3.05, 3.63) is 39.5 Å².